The number of methoxy groups -OCH3 is 1. The molecule has 0 unspecified atom stereocenters. The van der Waals surface area contributed by atoms with Gasteiger partial charge in [0.05, 0.1) is 22.7 Å². The summed E-state index contributed by atoms with van der Waals surface area (Å²) in [4.78, 5) is 15.7. The van der Waals surface area contributed by atoms with E-state index in [0.29, 0.717) is 20.0 Å². The van der Waals surface area contributed by atoms with Crippen molar-refractivity contribution in [3.8, 4) is 22.7 Å². The van der Waals surface area contributed by atoms with Crippen molar-refractivity contribution >= 4 is 51.9 Å². The summed E-state index contributed by atoms with van der Waals surface area (Å²) < 4.78 is 7.76. The molecule has 1 aromatic heterocycles. The molecule has 3 aromatic rings. The maximum atomic E-state index is 13.3. The number of hydrogen-bond acceptors (Lipinski definition) is 5. The topological polar surface area (TPSA) is 47.4 Å². The number of thiocarbonyl (C=S) groups is 1. The molecule has 5 nitrogen and oxygen atoms in total. The average molecular weight is 496 g/mol. The molecule has 2 aromatic carbocycles. The molecule has 5 rings (SSSR count). The molecule has 2 fully saturated rings. The quantitative estimate of drug-likeness (QED) is 0.305. The molecule has 1 amide bonds. The number of hydrogen-bond donors (Lipinski definition) is 0. The zero-order valence-corrected chi connectivity index (χ0v) is 20.4. The van der Waals surface area contributed by atoms with Gasteiger partial charge in [-0.25, -0.2) is 4.68 Å². The lowest BCUT2D eigenvalue weighted by molar-refractivity contribution is -0.123. The smallest absolute Gasteiger partial charge is 0.266 e. The molecule has 1 saturated heterocycles. The van der Waals surface area contributed by atoms with Crippen molar-refractivity contribution < 1.29 is 9.53 Å². The Balaban J connectivity index is 1.57. The molecule has 1 aliphatic carbocycles. The van der Waals surface area contributed by atoms with Crippen LogP contribution in [0.5, 0.6) is 5.75 Å². The van der Waals surface area contributed by atoms with Crippen molar-refractivity contribution in [3.05, 3.63) is 70.2 Å². The first-order valence-corrected chi connectivity index (χ1v) is 12.4. The van der Waals surface area contributed by atoms with Crippen LogP contribution in [0.25, 0.3) is 23.0 Å². The zero-order chi connectivity index (χ0) is 22.9. The predicted molar refractivity (Wildman–Crippen MR) is 138 cm³/mol. The molecular weight excluding hydrogens is 474 g/mol. The second kappa shape index (κ2) is 9.33. The van der Waals surface area contributed by atoms with E-state index in [1.807, 2.05) is 70.4 Å². The lowest BCUT2D eigenvalue weighted by Gasteiger charge is -2.21. The summed E-state index contributed by atoms with van der Waals surface area (Å²) in [6.45, 7) is 0. The highest BCUT2D eigenvalue weighted by molar-refractivity contribution is 8.26. The van der Waals surface area contributed by atoms with Gasteiger partial charge in [0.2, 0.25) is 0 Å². The molecule has 1 aliphatic heterocycles. The van der Waals surface area contributed by atoms with Gasteiger partial charge in [0.15, 0.2) is 0 Å². The van der Waals surface area contributed by atoms with Gasteiger partial charge in [-0.2, -0.15) is 5.10 Å². The van der Waals surface area contributed by atoms with E-state index in [1.54, 1.807) is 7.11 Å². The van der Waals surface area contributed by atoms with Crippen molar-refractivity contribution in [2.45, 2.75) is 31.7 Å². The molecular formula is C25H22ClN3O2S2. The molecule has 0 bridgehead atoms. The van der Waals surface area contributed by atoms with Crippen LogP contribution in [-0.4, -0.2) is 38.1 Å². The minimum absolute atomic E-state index is 0.0110. The molecule has 33 heavy (non-hydrogen) atoms. The molecule has 0 spiro atoms. The van der Waals surface area contributed by atoms with E-state index in [2.05, 4.69) is 0 Å². The summed E-state index contributed by atoms with van der Waals surface area (Å²) in [5.74, 6) is 0.588. The van der Waals surface area contributed by atoms with Crippen LogP contribution in [0.2, 0.25) is 5.02 Å². The zero-order valence-electron chi connectivity index (χ0n) is 18.0. The SMILES string of the molecule is COc1ccc(-c2nn(-c3ccccc3)cc2/C=C2\SC(=S)N(C3CCCC3)C2=O)cc1Cl. The monoisotopic (exact) mass is 495 g/mol. The van der Waals surface area contributed by atoms with E-state index in [0.717, 1.165) is 48.2 Å². The maximum Gasteiger partial charge on any atom is 0.266 e. The maximum absolute atomic E-state index is 13.3. The fraction of sp³-hybridized carbons (Fsp3) is 0.240. The van der Waals surface area contributed by atoms with Crippen LogP contribution in [0.15, 0.2) is 59.6 Å². The van der Waals surface area contributed by atoms with E-state index in [9.17, 15) is 4.79 Å². The van der Waals surface area contributed by atoms with Crippen LogP contribution in [0.3, 0.4) is 0 Å². The molecule has 1 saturated carbocycles. The first-order valence-electron chi connectivity index (χ1n) is 10.8. The third-order valence-corrected chi connectivity index (χ3v) is 7.61. The van der Waals surface area contributed by atoms with Gasteiger partial charge in [-0.05, 0) is 49.2 Å². The van der Waals surface area contributed by atoms with Crippen molar-refractivity contribution in [3.63, 3.8) is 0 Å². The first kappa shape index (κ1) is 22.2. The van der Waals surface area contributed by atoms with Crippen molar-refractivity contribution in [2.24, 2.45) is 0 Å². The number of amides is 1. The van der Waals surface area contributed by atoms with E-state index in [1.165, 1.54) is 11.8 Å². The Morgan fingerprint density at radius 1 is 1.18 bits per heavy atom. The van der Waals surface area contributed by atoms with Crippen LogP contribution in [0, 0.1) is 0 Å². The fourth-order valence-electron chi connectivity index (χ4n) is 4.34. The number of aromatic nitrogens is 2. The van der Waals surface area contributed by atoms with E-state index < -0.39 is 0 Å². The third-order valence-electron chi connectivity index (χ3n) is 5.99. The van der Waals surface area contributed by atoms with Crippen LogP contribution < -0.4 is 4.74 Å². The van der Waals surface area contributed by atoms with Gasteiger partial charge in [0.1, 0.15) is 15.8 Å². The van der Waals surface area contributed by atoms with Crippen molar-refractivity contribution in [1.29, 1.82) is 0 Å². The highest BCUT2D eigenvalue weighted by atomic mass is 35.5. The van der Waals surface area contributed by atoms with Crippen LogP contribution in [0.4, 0.5) is 0 Å². The van der Waals surface area contributed by atoms with Crippen LogP contribution in [-0.2, 0) is 4.79 Å². The average Bonchev–Trinajstić information content (AvgIpc) is 3.55. The summed E-state index contributed by atoms with van der Waals surface area (Å²) in [5.41, 5.74) is 3.33. The minimum atomic E-state index is -0.0110. The highest BCUT2D eigenvalue weighted by Gasteiger charge is 2.38. The Morgan fingerprint density at radius 3 is 2.64 bits per heavy atom. The number of halogens is 1. The number of nitrogens with zero attached hydrogens (tertiary/aromatic N) is 3. The van der Waals surface area contributed by atoms with Gasteiger partial charge in [-0.3, -0.25) is 9.69 Å². The molecule has 168 valence electrons. The Labute approximate surface area is 207 Å². The Kier molecular flexibility index (Phi) is 6.27. The lowest BCUT2D eigenvalue weighted by atomic mass is 10.1. The molecule has 0 atom stereocenters. The molecule has 8 heteroatoms. The Hall–Kier alpha value is -2.61. The highest BCUT2D eigenvalue weighted by Crippen LogP contribution is 2.39. The van der Waals surface area contributed by atoms with Gasteiger partial charge >= 0.3 is 0 Å². The Bertz CT molecular complexity index is 1250. The normalized spacial score (nSPS) is 18.0. The molecule has 2 heterocycles. The second-order valence-corrected chi connectivity index (χ2v) is 10.1. The number of benzene rings is 2. The van der Waals surface area contributed by atoms with Crippen molar-refractivity contribution in [1.82, 2.24) is 14.7 Å². The third kappa shape index (κ3) is 4.33. The number of rotatable bonds is 5. The van der Waals surface area contributed by atoms with Gasteiger partial charge in [-0.15, -0.1) is 0 Å². The van der Waals surface area contributed by atoms with Crippen LogP contribution in [0.1, 0.15) is 31.2 Å². The van der Waals surface area contributed by atoms with E-state index >= 15 is 0 Å². The second-order valence-electron chi connectivity index (χ2n) is 8.05. The van der Waals surface area contributed by atoms with Crippen LogP contribution >= 0.6 is 35.6 Å². The summed E-state index contributed by atoms with van der Waals surface area (Å²) in [6, 6.07) is 15.7. The molecule has 0 N–H and O–H groups in total. The number of para-hydroxylation sites is 1. The largest absolute Gasteiger partial charge is 0.495 e. The molecule has 0 radical (unpaired) electrons. The lowest BCUT2D eigenvalue weighted by Crippen LogP contribution is -2.36. The Morgan fingerprint density at radius 2 is 1.94 bits per heavy atom. The van der Waals surface area contributed by atoms with Gasteiger partial charge in [0.25, 0.3) is 5.91 Å². The van der Waals surface area contributed by atoms with Gasteiger partial charge in [0, 0.05) is 23.4 Å². The summed E-state index contributed by atoms with van der Waals surface area (Å²) in [7, 11) is 1.59. The van der Waals surface area contributed by atoms with Gasteiger partial charge in [-0.1, -0.05) is 66.6 Å². The van der Waals surface area contributed by atoms with Crippen molar-refractivity contribution in [2.75, 3.05) is 7.11 Å². The number of carbonyl (C=O) groups is 1. The molecule has 2 aliphatic rings. The summed E-state index contributed by atoms with van der Waals surface area (Å²) in [6.07, 6.45) is 8.15. The predicted octanol–water partition coefficient (Wildman–Crippen LogP) is 6.35. The fourth-order valence-corrected chi connectivity index (χ4v) is 5.99. The minimum Gasteiger partial charge on any atom is -0.495 e. The first-order chi connectivity index (χ1) is 16.0. The standard InChI is InChI=1S/C25H22ClN3O2S2/c1-31-21-12-11-16(13-20(21)26)23-17(15-28(27-23)18-7-3-2-4-8-18)14-22-24(30)29(25(32)33-22)19-9-5-6-10-19/h2-4,7-8,11-15,19H,5-6,9-10H2,1H3/b22-14-. The van der Waals surface area contributed by atoms with Gasteiger partial charge < -0.3 is 4.74 Å². The summed E-state index contributed by atoms with van der Waals surface area (Å²) >= 11 is 13.3. The number of ether oxygens (including phenoxy) is 1. The number of carbonyl (C=O) groups excluding carboxylic acids is 1. The van der Waals surface area contributed by atoms with E-state index in [-0.39, 0.29) is 11.9 Å². The number of thioether (sulfide) groups is 1. The van der Waals surface area contributed by atoms with E-state index in [4.69, 9.17) is 33.7 Å². The summed E-state index contributed by atoms with van der Waals surface area (Å²) in [5, 5.41) is 5.34.